The third kappa shape index (κ3) is 3.48. The molecule has 0 aliphatic carbocycles. The van der Waals surface area contributed by atoms with Gasteiger partial charge in [0.25, 0.3) is 5.91 Å². The highest BCUT2D eigenvalue weighted by atomic mass is 35.5. The number of hydrogen-bond acceptors (Lipinski definition) is 5. The number of halogens is 1. The predicted molar refractivity (Wildman–Crippen MR) is 131 cm³/mol. The van der Waals surface area contributed by atoms with Crippen LogP contribution in [0, 0.1) is 0 Å². The molecule has 0 bridgehead atoms. The van der Waals surface area contributed by atoms with E-state index in [0.717, 1.165) is 16.5 Å². The van der Waals surface area contributed by atoms with Gasteiger partial charge in [0.05, 0.1) is 11.6 Å². The number of aliphatic hydroxyl groups is 1. The van der Waals surface area contributed by atoms with E-state index in [0.29, 0.717) is 21.6 Å². The molecule has 0 saturated heterocycles. The summed E-state index contributed by atoms with van der Waals surface area (Å²) in [5, 5.41) is 13.0. The van der Waals surface area contributed by atoms with Crippen molar-refractivity contribution >= 4 is 45.2 Å². The lowest BCUT2D eigenvalue weighted by molar-refractivity contribution is -0.130. The molecule has 1 amide bonds. The molecule has 4 heterocycles. The maximum atomic E-state index is 13.8. The first-order chi connectivity index (χ1) is 17.0. The van der Waals surface area contributed by atoms with E-state index in [4.69, 9.17) is 16.0 Å². The van der Waals surface area contributed by atoms with Crippen molar-refractivity contribution in [1.82, 2.24) is 14.9 Å². The number of nitrogens with one attached hydrogen (secondary N) is 1. The highest BCUT2D eigenvalue weighted by molar-refractivity contribution is 6.31. The van der Waals surface area contributed by atoms with E-state index in [1.165, 1.54) is 4.90 Å². The number of aliphatic hydroxyl groups excluding tert-OH is 1. The lowest BCUT2D eigenvalue weighted by Crippen LogP contribution is -2.30. The number of benzene rings is 2. The molecule has 0 radical (unpaired) electrons. The minimum absolute atomic E-state index is 0.0206. The minimum Gasteiger partial charge on any atom is -0.503 e. The van der Waals surface area contributed by atoms with E-state index in [2.05, 4.69) is 9.97 Å². The number of Topliss-reactive ketones (excluding diaryl/α,β-unsaturated/α-hetero) is 1. The van der Waals surface area contributed by atoms with Crippen molar-refractivity contribution in [3.63, 3.8) is 0 Å². The number of nitrogens with zero attached hydrogens (tertiary/aromatic N) is 2. The topological polar surface area (TPSA) is 99.4 Å². The van der Waals surface area contributed by atoms with Crippen molar-refractivity contribution in [3.05, 3.63) is 112 Å². The molecule has 1 aliphatic heterocycles. The quantitative estimate of drug-likeness (QED) is 0.310. The number of pyridine rings is 1. The average Bonchev–Trinajstić information content (AvgIpc) is 3.55. The molecule has 172 valence electrons. The Morgan fingerprint density at radius 1 is 1.11 bits per heavy atom. The fourth-order valence-corrected chi connectivity index (χ4v) is 4.82. The van der Waals surface area contributed by atoms with Crippen LogP contribution in [0.4, 0.5) is 0 Å². The predicted octanol–water partition coefficient (Wildman–Crippen LogP) is 5.74. The maximum absolute atomic E-state index is 13.8. The molecule has 1 atom stereocenters. The van der Waals surface area contributed by atoms with Crippen LogP contribution >= 0.6 is 11.6 Å². The second-order valence-corrected chi connectivity index (χ2v) is 8.80. The second-order valence-electron chi connectivity index (χ2n) is 8.36. The molecule has 5 aromatic rings. The van der Waals surface area contributed by atoms with Crippen LogP contribution in [0.2, 0.25) is 5.02 Å². The van der Waals surface area contributed by atoms with E-state index in [-0.39, 0.29) is 17.9 Å². The van der Waals surface area contributed by atoms with Gasteiger partial charge in [-0.15, -0.1) is 0 Å². The standard InChI is InChI=1S/C27H18ClN3O4/c28-17-5-6-21-16(11-17)12-22(35-21)25(32)23-24(19-13-30-20-4-2-1-3-18(19)20)31(27(34)26(23)33)14-15-7-9-29-10-8-15/h1-13,24,30,33H,14H2. The molecular formula is C27H18ClN3O4. The van der Waals surface area contributed by atoms with Crippen molar-refractivity contribution < 1.29 is 19.1 Å². The van der Waals surface area contributed by atoms with E-state index < -0.39 is 23.5 Å². The molecule has 0 fully saturated rings. The Labute approximate surface area is 204 Å². The summed E-state index contributed by atoms with van der Waals surface area (Å²) in [7, 11) is 0. The van der Waals surface area contributed by atoms with E-state index in [9.17, 15) is 14.7 Å². The molecular weight excluding hydrogens is 466 g/mol. The van der Waals surface area contributed by atoms with Crippen LogP contribution in [-0.4, -0.2) is 31.7 Å². The zero-order chi connectivity index (χ0) is 24.1. The van der Waals surface area contributed by atoms with Gasteiger partial charge in [0.1, 0.15) is 5.58 Å². The van der Waals surface area contributed by atoms with Crippen molar-refractivity contribution in [2.45, 2.75) is 12.6 Å². The summed E-state index contributed by atoms with van der Waals surface area (Å²) in [6.45, 7) is 0.183. The molecule has 2 N–H and O–H groups in total. The summed E-state index contributed by atoms with van der Waals surface area (Å²) in [4.78, 5) is 35.8. The van der Waals surface area contributed by atoms with Gasteiger partial charge in [0.2, 0.25) is 5.78 Å². The summed E-state index contributed by atoms with van der Waals surface area (Å²) in [5.41, 5.74) is 2.83. The highest BCUT2D eigenvalue weighted by Gasteiger charge is 2.45. The van der Waals surface area contributed by atoms with Crippen LogP contribution in [0.3, 0.4) is 0 Å². The number of aromatic amines is 1. The first kappa shape index (κ1) is 21.2. The zero-order valence-corrected chi connectivity index (χ0v) is 19.0. The molecule has 2 aromatic carbocycles. The van der Waals surface area contributed by atoms with Gasteiger partial charge in [-0.3, -0.25) is 14.6 Å². The number of rotatable bonds is 5. The second kappa shape index (κ2) is 8.14. The summed E-state index contributed by atoms with van der Waals surface area (Å²) in [6, 6.07) is 17.0. The first-order valence-corrected chi connectivity index (χ1v) is 11.3. The molecule has 3 aromatic heterocycles. The van der Waals surface area contributed by atoms with Gasteiger partial charge in [-0.25, -0.2) is 0 Å². The number of ketones is 1. The van der Waals surface area contributed by atoms with Gasteiger partial charge < -0.3 is 19.4 Å². The summed E-state index contributed by atoms with van der Waals surface area (Å²) in [5.74, 6) is -1.75. The molecule has 1 aliphatic rings. The Hall–Kier alpha value is -4.36. The lowest BCUT2D eigenvalue weighted by atomic mass is 9.94. The lowest BCUT2D eigenvalue weighted by Gasteiger charge is -2.26. The van der Waals surface area contributed by atoms with Crippen LogP contribution in [0.15, 0.2) is 95.0 Å². The fourth-order valence-electron chi connectivity index (χ4n) is 4.64. The molecule has 0 spiro atoms. The Morgan fingerprint density at radius 3 is 2.74 bits per heavy atom. The SMILES string of the molecule is O=C(C1=C(O)C(=O)N(Cc2ccncc2)C1c1c[nH]c2ccccc12)c1cc2cc(Cl)ccc2o1. The number of fused-ring (bicyclic) bond motifs is 2. The number of carbonyl (C=O) groups excluding carboxylic acids is 2. The third-order valence-electron chi connectivity index (χ3n) is 6.27. The van der Waals surface area contributed by atoms with Gasteiger partial charge in [-0.1, -0.05) is 29.8 Å². The zero-order valence-electron chi connectivity index (χ0n) is 18.2. The summed E-state index contributed by atoms with van der Waals surface area (Å²) >= 11 is 6.08. The van der Waals surface area contributed by atoms with Crippen LogP contribution in [0.1, 0.15) is 27.7 Å². The number of para-hydroxylation sites is 1. The normalized spacial score (nSPS) is 16.1. The first-order valence-electron chi connectivity index (χ1n) is 10.9. The minimum atomic E-state index is -0.823. The number of furan rings is 1. The number of hydrogen-bond donors (Lipinski definition) is 2. The number of H-pyrrole nitrogens is 1. The molecule has 6 rings (SSSR count). The number of carbonyl (C=O) groups is 2. The van der Waals surface area contributed by atoms with Gasteiger partial charge in [-0.2, -0.15) is 0 Å². The van der Waals surface area contributed by atoms with Crippen LogP contribution < -0.4 is 0 Å². The average molecular weight is 484 g/mol. The molecule has 35 heavy (non-hydrogen) atoms. The largest absolute Gasteiger partial charge is 0.503 e. The summed E-state index contributed by atoms with van der Waals surface area (Å²) < 4.78 is 5.79. The molecule has 7 nitrogen and oxygen atoms in total. The van der Waals surface area contributed by atoms with Gasteiger partial charge in [0, 0.05) is 52.0 Å². The van der Waals surface area contributed by atoms with Gasteiger partial charge in [-0.05, 0) is 48.0 Å². The van der Waals surface area contributed by atoms with E-state index in [1.807, 2.05) is 24.3 Å². The van der Waals surface area contributed by atoms with Crippen LogP contribution in [0.5, 0.6) is 0 Å². The van der Waals surface area contributed by atoms with Crippen molar-refractivity contribution in [1.29, 1.82) is 0 Å². The van der Waals surface area contributed by atoms with Crippen LogP contribution in [-0.2, 0) is 11.3 Å². The van der Waals surface area contributed by atoms with Crippen LogP contribution in [0.25, 0.3) is 21.9 Å². The third-order valence-corrected chi connectivity index (χ3v) is 6.50. The Morgan fingerprint density at radius 2 is 1.91 bits per heavy atom. The van der Waals surface area contributed by atoms with Crippen molar-refractivity contribution in [2.24, 2.45) is 0 Å². The Kier molecular flexibility index (Phi) is 4.93. The maximum Gasteiger partial charge on any atom is 0.290 e. The monoisotopic (exact) mass is 483 g/mol. The Bertz CT molecular complexity index is 1650. The fraction of sp³-hybridized carbons (Fsp3) is 0.0741. The molecule has 8 heteroatoms. The van der Waals surface area contributed by atoms with Crippen molar-refractivity contribution in [3.8, 4) is 0 Å². The van der Waals surface area contributed by atoms with Gasteiger partial charge in [0.15, 0.2) is 11.5 Å². The van der Waals surface area contributed by atoms with Gasteiger partial charge >= 0.3 is 0 Å². The summed E-state index contributed by atoms with van der Waals surface area (Å²) in [6.07, 6.45) is 5.04. The molecule has 0 saturated carbocycles. The smallest absolute Gasteiger partial charge is 0.290 e. The molecule has 1 unspecified atom stereocenters. The number of amides is 1. The number of aromatic nitrogens is 2. The van der Waals surface area contributed by atoms with E-state index >= 15 is 0 Å². The highest BCUT2D eigenvalue weighted by Crippen LogP contribution is 2.42. The van der Waals surface area contributed by atoms with Crippen molar-refractivity contribution in [2.75, 3.05) is 0 Å². The van der Waals surface area contributed by atoms with E-state index in [1.54, 1.807) is 55.0 Å². The Balaban J connectivity index is 1.50.